The van der Waals surface area contributed by atoms with Crippen LogP contribution in [0.15, 0.2) is 23.1 Å². The Morgan fingerprint density at radius 3 is 3.00 bits per heavy atom. The molecule has 0 radical (unpaired) electrons. The number of halogens is 2. The molecule has 1 heterocycles. The van der Waals surface area contributed by atoms with Crippen LogP contribution in [0.5, 0.6) is 0 Å². The van der Waals surface area contributed by atoms with Gasteiger partial charge in [-0.15, -0.1) is 11.8 Å². The van der Waals surface area contributed by atoms with Crippen molar-refractivity contribution in [3.8, 4) is 0 Å². The van der Waals surface area contributed by atoms with E-state index in [0.717, 1.165) is 24.8 Å². The van der Waals surface area contributed by atoms with Gasteiger partial charge >= 0.3 is 0 Å². The third kappa shape index (κ3) is 2.92. The minimum absolute atomic E-state index is 0.334. The lowest BCUT2D eigenvalue weighted by molar-refractivity contribution is 0.576. The Balaban J connectivity index is 1.94. The standard InChI is InChI=1S/C11H13F2NS/c12-8-3-4-10(13)11(6-8)15-7-9-2-1-5-14-9/h3-4,6,9,14H,1-2,5,7H2. The Bertz CT molecular complexity index is 337. The second-order valence-electron chi connectivity index (χ2n) is 3.68. The summed E-state index contributed by atoms with van der Waals surface area (Å²) in [6.07, 6.45) is 2.31. The van der Waals surface area contributed by atoms with Crippen LogP contribution in [0.2, 0.25) is 0 Å². The van der Waals surface area contributed by atoms with Gasteiger partial charge in [0.05, 0.1) is 0 Å². The van der Waals surface area contributed by atoms with Crippen molar-refractivity contribution in [2.24, 2.45) is 0 Å². The summed E-state index contributed by atoms with van der Waals surface area (Å²) in [5, 5.41) is 3.32. The Kier molecular flexibility index (Phi) is 3.59. The van der Waals surface area contributed by atoms with E-state index in [-0.39, 0.29) is 11.6 Å². The van der Waals surface area contributed by atoms with Crippen molar-refractivity contribution in [1.82, 2.24) is 5.32 Å². The van der Waals surface area contributed by atoms with Crippen LogP contribution < -0.4 is 5.32 Å². The predicted octanol–water partition coefficient (Wildman–Crippen LogP) is 2.81. The maximum absolute atomic E-state index is 13.2. The van der Waals surface area contributed by atoms with E-state index in [1.807, 2.05) is 0 Å². The summed E-state index contributed by atoms with van der Waals surface area (Å²) in [6.45, 7) is 1.04. The summed E-state index contributed by atoms with van der Waals surface area (Å²) >= 11 is 1.38. The zero-order chi connectivity index (χ0) is 10.7. The normalized spacial score (nSPS) is 20.8. The van der Waals surface area contributed by atoms with Crippen LogP contribution in [0.25, 0.3) is 0 Å². The molecule has 1 aliphatic heterocycles. The van der Waals surface area contributed by atoms with Crippen molar-refractivity contribution in [2.45, 2.75) is 23.8 Å². The first-order valence-electron chi connectivity index (χ1n) is 5.07. The molecule has 1 atom stereocenters. The molecule has 4 heteroatoms. The molecule has 0 aliphatic carbocycles. The van der Waals surface area contributed by atoms with Gasteiger partial charge in [0.15, 0.2) is 0 Å². The molecule has 1 aromatic carbocycles. The monoisotopic (exact) mass is 229 g/mol. The summed E-state index contributed by atoms with van der Waals surface area (Å²) in [4.78, 5) is 0.406. The van der Waals surface area contributed by atoms with E-state index in [2.05, 4.69) is 5.32 Å². The second kappa shape index (κ2) is 4.94. The maximum Gasteiger partial charge on any atom is 0.136 e. The minimum atomic E-state index is -0.377. The van der Waals surface area contributed by atoms with Crippen molar-refractivity contribution < 1.29 is 8.78 Å². The molecule has 82 valence electrons. The van der Waals surface area contributed by atoms with Gasteiger partial charge < -0.3 is 5.32 Å². The highest BCUT2D eigenvalue weighted by atomic mass is 32.2. The van der Waals surface area contributed by atoms with Gasteiger partial charge in [-0.1, -0.05) is 0 Å². The van der Waals surface area contributed by atoms with Crippen molar-refractivity contribution in [2.75, 3.05) is 12.3 Å². The first-order chi connectivity index (χ1) is 7.25. The van der Waals surface area contributed by atoms with Gasteiger partial charge in [-0.3, -0.25) is 0 Å². The summed E-state index contributed by atoms with van der Waals surface area (Å²) in [5.41, 5.74) is 0. The first kappa shape index (κ1) is 10.9. The highest BCUT2D eigenvalue weighted by Crippen LogP contribution is 2.24. The van der Waals surface area contributed by atoms with E-state index in [0.29, 0.717) is 10.9 Å². The molecule has 1 fully saturated rings. The van der Waals surface area contributed by atoms with Crippen LogP contribution in [0.1, 0.15) is 12.8 Å². The van der Waals surface area contributed by atoms with Crippen molar-refractivity contribution >= 4 is 11.8 Å². The van der Waals surface area contributed by atoms with Crippen LogP contribution in [-0.2, 0) is 0 Å². The third-order valence-corrected chi connectivity index (χ3v) is 3.69. The molecule has 0 amide bonds. The fourth-order valence-corrected chi connectivity index (χ4v) is 2.74. The van der Waals surface area contributed by atoms with Gasteiger partial charge in [0.2, 0.25) is 0 Å². The van der Waals surface area contributed by atoms with E-state index in [1.54, 1.807) is 0 Å². The highest BCUT2D eigenvalue weighted by Gasteiger charge is 2.15. The van der Waals surface area contributed by atoms with Gasteiger partial charge in [0, 0.05) is 16.7 Å². The SMILES string of the molecule is Fc1ccc(F)c(SCC2CCCN2)c1. The van der Waals surface area contributed by atoms with Gasteiger partial charge in [-0.25, -0.2) is 8.78 Å². The quantitative estimate of drug-likeness (QED) is 0.800. The lowest BCUT2D eigenvalue weighted by Crippen LogP contribution is -2.23. The Morgan fingerprint density at radius 1 is 1.40 bits per heavy atom. The van der Waals surface area contributed by atoms with E-state index >= 15 is 0 Å². The fourth-order valence-electron chi connectivity index (χ4n) is 1.68. The van der Waals surface area contributed by atoms with Crippen LogP contribution in [0, 0.1) is 11.6 Å². The molecule has 2 rings (SSSR count). The van der Waals surface area contributed by atoms with Gasteiger partial charge in [0.25, 0.3) is 0 Å². The topological polar surface area (TPSA) is 12.0 Å². The van der Waals surface area contributed by atoms with Crippen molar-refractivity contribution in [3.63, 3.8) is 0 Å². The average molecular weight is 229 g/mol. The number of hydrogen-bond donors (Lipinski definition) is 1. The lowest BCUT2D eigenvalue weighted by Gasteiger charge is -2.09. The smallest absolute Gasteiger partial charge is 0.136 e. The Hall–Kier alpha value is -0.610. The zero-order valence-corrected chi connectivity index (χ0v) is 9.12. The molecular formula is C11H13F2NS. The summed E-state index contributed by atoms with van der Waals surface area (Å²) in [7, 11) is 0. The summed E-state index contributed by atoms with van der Waals surface area (Å²) < 4.78 is 26.1. The average Bonchev–Trinajstić information content (AvgIpc) is 2.72. The largest absolute Gasteiger partial charge is 0.313 e. The molecule has 0 bridgehead atoms. The minimum Gasteiger partial charge on any atom is -0.313 e. The van der Waals surface area contributed by atoms with E-state index in [1.165, 1.54) is 30.3 Å². The van der Waals surface area contributed by atoms with Crippen molar-refractivity contribution in [1.29, 1.82) is 0 Å². The van der Waals surface area contributed by atoms with E-state index < -0.39 is 0 Å². The predicted molar refractivity (Wildman–Crippen MR) is 58.1 cm³/mol. The number of rotatable bonds is 3. The lowest BCUT2D eigenvalue weighted by atomic mass is 10.3. The molecule has 1 aromatic rings. The third-order valence-electron chi connectivity index (χ3n) is 2.50. The molecule has 1 unspecified atom stereocenters. The highest BCUT2D eigenvalue weighted by molar-refractivity contribution is 7.99. The van der Waals surface area contributed by atoms with Gasteiger partial charge in [0.1, 0.15) is 11.6 Å². The molecular weight excluding hydrogens is 216 g/mol. The van der Waals surface area contributed by atoms with Gasteiger partial charge in [-0.2, -0.15) is 0 Å². The molecule has 1 saturated heterocycles. The summed E-state index contributed by atoms with van der Waals surface area (Å²) in [5.74, 6) is 0.0954. The fraction of sp³-hybridized carbons (Fsp3) is 0.455. The molecule has 1 N–H and O–H groups in total. The number of nitrogens with one attached hydrogen (secondary N) is 1. The Labute approximate surface area is 92.3 Å². The maximum atomic E-state index is 13.2. The van der Waals surface area contributed by atoms with E-state index in [4.69, 9.17) is 0 Å². The number of thioether (sulfide) groups is 1. The molecule has 0 aromatic heterocycles. The molecule has 0 saturated carbocycles. The van der Waals surface area contributed by atoms with Gasteiger partial charge in [-0.05, 0) is 37.6 Å². The molecule has 15 heavy (non-hydrogen) atoms. The first-order valence-corrected chi connectivity index (χ1v) is 6.05. The molecule has 0 spiro atoms. The zero-order valence-electron chi connectivity index (χ0n) is 8.30. The van der Waals surface area contributed by atoms with Crippen molar-refractivity contribution in [3.05, 3.63) is 29.8 Å². The Morgan fingerprint density at radius 2 is 2.27 bits per heavy atom. The molecule has 1 nitrogen and oxygen atoms in total. The molecule has 1 aliphatic rings. The van der Waals surface area contributed by atoms with Crippen LogP contribution in [-0.4, -0.2) is 18.3 Å². The second-order valence-corrected chi connectivity index (χ2v) is 4.74. The number of hydrogen-bond acceptors (Lipinski definition) is 2. The van der Waals surface area contributed by atoms with E-state index in [9.17, 15) is 8.78 Å². The number of benzene rings is 1. The van der Waals surface area contributed by atoms with Crippen LogP contribution in [0.3, 0.4) is 0 Å². The van der Waals surface area contributed by atoms with Crippen LogP contribution >= 0.6 is 11.8 Å². The van der Waals surface area contributed by atoms with Crippen LogP contribution in [0.4, 0.5) is 8.78 Å². The summed E-state index contributed by atoms with van der Waals surface area (Å²) in [6, 6.07) is 4.03.